The van der Waals surface area contributed by atoms with Crippen molar-refractivity contribution in [2.75, 3.05) is 13.1 Å². The molecule has 0 fully saturated rings. The van der Waals surface area contributed by atoms with Crippen LogP contribution < -0.4 is 11.1 Å². The van der Waals surface area contributed by atoms with Gasteiger partial charge in [0.2, 0.25) is 5.91 Å². The second-order valence-corrected chi connectivity index (χ2v) is 4.11. The summed E-state index contributed by atoms with van der Waals surface area (Å²) in [6.07, 6.45) is 0.862. The standard InChI is InChI=1S/C13H16N2O/c1-9-2-4-10(5-3-9)11-6-7-15-8-12(11)13(14)16/h2-5,15H,6-8H2,1H3,(H2,14,16). The lowest BCUT2D eigenvalue weighted by molar-refractivity contribution is -0.114. The highest BCUT2D eigenvalue weighted by Crippen LogP contribution is 2.24. The Balaban J connectivity index is 2.43. The van der Waals surface area contributed by atoms with E-state index in [0.717, 1.165) is 29.7 Å². The first-order chi connectivity index (χ1) is 7.68. The zero-order chi connectivity index (χ0) is 11.5. The summed E-state index contributed by atoms with van der Waals surface area (Å²) in [4.78, 5) is 11.3. The Kier molecular flexibility index (Phi) is 3.06. The van der Waals surface area contributed by atoms with Crippen molar-refractivity contribution in [1.29, 1.82) is 0 Å². The van der Waals surface area contributed by atoms with E-state index in [4.69, 9.17) is 5.73 Å². The fourth-order valence-corrected chi connectivity index (χ4v) is 1.99. The van der Waals surface area contributed by atoms with Gasteiger partial charge in [-0.05, 0) is 31.0 Å². The zero-order valence-electron chi connectivity index (χ0n) is 9.42. The molecule has 0 aromatic heterocycles. The number of primary amides is 1. The molecule has 0 unspecified atom stereocenters. The number of rotatable bonds is 2. The van der Waals surface area contributed by atoms with Crippen LogP contribution in [0.2, 0.25) is 0 Å². The van der Waals surface area contributed by atoms with Gasteiger partial charge in [-0.3, -0.25) is 4.79 Å². The number of carbonyl (C=O) groups excluding carboxylic acids is 1. The first kappa shape index (κ1) is 10.9. The molecule has 2 rings (SSSR count). The first-order valence-electron chi connectivity index (χ1n) is 5.48. The Morgan fingerprint density at radius 1 is 1.31 bits per heavy atom. The Morgan fingerprint density at radius 2 is 2.00 bits per heavy atom. The van der Waals surface area contributed by atoms with Crippen molar-refractivity contribution < 1.29 is 4.79 Å². The van der Waals surface area contributed by atoms with E-state index in [1.54, 1.807) is 0 Å². The van der Waals surface area contributed by atoms with Crippen LogP contribution in [-0.2, 0) is 4.79 Å². The van der Waals surface area contributed by atoms with Gasteiger partial charge in [-0.15, -0.1) is 0 Å². The summed E-state index contributed by atoms with van der Waals surface area (Å²) in [5.41, 5.74) is 9.53. The number of carbonyl (C=O) groups is 1. The van der Waals surface area contributed by atoms with E-state index < -0.39 is 0 Å². The lowest BCUT2D eigenvalue weighted by Gasteiger charge is -2.19. The van der Waals surface area contributed by atoms with Crippen LogP contribution in [0.1, 0.15) is 17.5 Å². The minimum atomic E-state index is -0.317. The fraction of sp³-hybridized carbons (Fsp3) is 0.308. The maximum Gasteiger partial charge on any atom is 0.246 e. The molecule has 3 nitrogen and oxygen atoms in total. The maximum atomic E-state index is 11.3. The van der Waals surface area contributed by atoms with Crippen molar-refractivity contribution in [2.45, 2.75) is 13.3 Å². The molecule has 0 saturated heterocycles. The molecule has 1 amide bonds. The monoisotopic (exact) mass is 216 g/mol. The van der Waals surface area contributed by atoms with Gasteiger partial charge in [-0.25, -0.2) is 0 Å². The van der Waals surface area contributed by atoms with E-state index >= 15 is 0 Å². The fourth-order valence-electron chi connectivity index (χ4n) is 1.99. The smallest absolute Gasteiger partial charge is 0.246 e. The van der Waals surface area contributed by atoms with Crippen molar-refractivity contribution in [3.8, 4) is 0 Å². The highest BCUT2D eigenvalue weighted by atomic mass is 16.1. The molecule has 1 heterocycles. The van der Waals surface area contributed by atoms with E-state index in [1.165, 1.54) is 5.56 Å². The van der Waals surface area contributed by atoms with Crippen LogP contribution in [0.4, 0.5) is 0 Å². The van der Waals surface area contributed by atoms with Gasteiger partial charge in [-0.1, -0.05) is 29.8 Å². The van der Waals surface area contributed by atoms with E-state index in [9.17, 15) is 4.79 Å². The van der Waals surface area contributed by atoms with E-state index in [1.807, 2.05) is 0 Å². The molecule has 16 heavy (non-hydrogen) atoms. The molecule has 0 spiro atoms. The minimum absolute atomic E-state index is 0.317. The molecule has 3 N–H and O–H groups in total. The summed E-state index contributed by atoms with van der Waals surface area (Å²) in [5, 5.41) is 3.17. The van der Waals surface area contributed by atoms with Gasteiger partial charge in [0.25, 0.3) is 0 Å². The third kappa shape index (κ3) is 2.14. The van der Waals surface area contributed by atoms with Crippen LogP contribution in [0.5, 0.6) is 0 Å². The van der Waals surface area contributed by atoms with Crippen molar-refractivity contribution in [3.05, 3.63) is 41.0 Å². The normalized spacial score (nSPS) is 16.3. The van der Waals surface area contributed by atoms with Crippen LogP contribution in [0.3, 0.4) is 0 Å². The molecular formula is C13H16N2O. The SMILES string of the molecule is Cc1ccc(C2=C(C(N)=O)CNCC2)cc1. The van der Waals surface area contributed by atoms with Crippen LogP contribution in [0.25, 0.3) is 5.57 Å². The highest BCUT2D eigenvalue weighted by Gasteiger charge is 2.17. The number of hydrogen-bond donors (Lipinski definition) is 2. The summed E-state index contributed by atoms with van der Waals surface area (Å²) in [6.45, 7) is 3.54. The largest absolute Gasteiger partial charge is 0.366 e. The van der Waals surface area contributed by atoms with Crippen LogP contribution in [0, 0.1) is 6.92 Å². The molecule has 0 bridgehead atoms. The number of nitrogens with one attached hydrogen (secondary N) is 1. The van der Waals surface area contributed by atoms with Crippen LogP contribution >= 0.6 is 0 Å². The van der Waals surface area contributed by atoms with Gasteiger partial charge < -0.3 is 11.1 Å². The predicted molar refractivity (Wildman–Crippen MR) is 64.8 cm³/mol. The summed E-state index contributed by atoms with van der Waals surface area (Å²) in [6, 6.07) is 8.23. The molecule has 0 radical (unpaired) electrons. The van der Waals surface area contributed by atoms with Gasteiger partial charge in [0.05, 0.1) is 0 Å². The van der Waals surface area contributed by atoms with Gasteiger partial charge in [0, 0.05) is 12.1 Å². The molecule has 0 atom stereocenters. The van der Waals surface area contributed by atoms with Gasteiger partial charge >= 0.3 is 0 Å². The highest BCUT2D eigenvalue weighted by molar-refractivity contribution is 6.01. The molecule has 1 aromatic rings. The molecule has 0 saturated carbocycles. The Labute approximate surface area is 95.3 Å². The molecule has 1 aliphatic heterocycles. The molecule has 3 heteroatoms. The molecule has 1 aromatic carbocycles. The molecule has 0 aliphatic carbocycles. The van der Waals surface area contributed by atoms with Crippen LogP contribution in [0.15, 0.2) is 29.8 Å². The first-order valence-corrected chi connectivity index (χ1v) is 5.48. The quantitative estimate of drug-likeness (QED) is 0.781. The number of hydrogen-bond acceptors (Lipinski definition) is 2. The lowest BCUT2D eigenvalue weighted by Crippen LogP contribution is -2.31. The average molecular weight is 216 g/mol. The lowest BCUT2D eigenvalue weighted by atomic mass is 9.93. The van der Waals surface area contributed by atoms with Gasteiger partial charge in [-0.2, -0.15) is 0 Å². The Morgan fingerprint density at radius 3 is 2.62 bits per heavy atom. The zero-order valence-corrected chi connectivity index (χ0v) is 9.42. The summed E-state index contributed by atoms with van der Waals surface area (Å²) < 4.78 is 0. The summed E-state index contributed by atoms with van der Waals surface area (Å²) in [7, 11) is 0. The second-order valence-electron chi connectivity index (χ2n) is 4.11. The van der Waals surface area contributed by atoms with Gasteiger partial charge in [0.15, 0.2) is 0 Å². The van der Waals surface area contributed by atoms with E-state index in [-0.39, 0.29) is 5.91 Å². The van der Waals surface area contributed by atoms with Gasteiger partial charge in [0.1, 0.15) is 0 Å². The molecule has 1 aliphatic rings. The second kappa shape index (κ2) is 4.49. The van der Waals surface area contributed by atoms with Crippen molar-refractivity contribution >= 4 is 11.5 Å². The number of nitrogens with two attached hydrogens (primary N) is 1. The summed E-state index contributed by atoms with van der Waals surface area (Å²) in [5.74, 6) is -0.317. The maximum absolute atomic E-state index is 11.3. The number of benzene rings is 1. The number of aryl methyl sites for hydroxylation is 1. The topological polar surface area (TPSA) is 55.1 Å². The molecule has 84 valence electrons. The van der Waals surface area contributed by atoms with E-state index in [0.29, 0.717) is 6.54 Å². The Hall–Kier alpha value is -1.61. The van der Waals surface area contributed by atoms with Crippen molar-refractivity contribution in [3.63, 3.8) is 0 Å². The third-order valence-electron chi connectivity index (χ3n) is 2.92. The summed E-state index contributed by atoms with van der Waals surface area (Å²) >= 11 is 0. The average Bonchev–Trinajstić information content (AvgIpc) is 2.30. The van der Waals surface area contributed by atoms with Crippen molar-refractivity contribution in [1.82, 2.24) is 5.32 Å². The predicted octanol–water partition coefficient (Wildman–Crippen LogP) is 1.23. The third-order valence-corrected chi connectivity index (χ3v) is 2.92. The minimum Gasteiger partial charge on any atom is -0.366 e. The Bertz CT molecular complexity index is 432. The van der Waals surface area contributed by atoms with E-state index in [2.05, 4.69) is 36.5 Å². The van der Waals surface area contributed by atoms with Crippen molar-refractivity contribution in [2.24, 2.45) is 5.73 Å². The van der Waals surface area contributed by atoms with Crippen LogP contribution in [-0.4, -0.2) is 19.0 Å². The number of amides is 1. The molecular weight excluding hydrogens is 200 g/mol.